The van der Waals surface area contributed by atoms with Crippen LogP contribution < -0.4 is 4.87 Å². The van der Waals surface area contributed by atoms with E-state index in [0.29, 0.717) is 6.04 Å². The first kappa shape index (κ1) is 17.4. The van der Waals surface area contributed by atoms with Gasteiger partial charge < -0.3 is 9.30 Å². The van der Waals surface area contributed by atoms with Crippen molar-refractivity contribution in [3.05, 3.63) is 55.6 Å². The Morgan fingerprint density at radius 2 is 2.04 bits per heavy atom. The van der Waals surface area contributed by atoms with Gasteiger partial charge in [-0.3, -0.25) is 9.69 Å². The number of ether oxygens (including phenoxy) is 1. The van der Waals surface area contributed by atoms with Crippen LogP contribution in [-0.2, 0) is 11.3 Å². The number of benzene rings is 1. The molecule has 2 heterocycles. The molecule has 0 aliphatic carbocycles. The Morgan fingerprint density at radius 1 is 1.25 bits per heavy atom. The first-order valence-corrected chi connectivity index (χ1v) is 9.41. The third-order valence-electron chi connectivity index (χ3n) is 4.93. The van der Waals surface area contributed by atoms with E-state index in [1.165, 1.54) is 28.0 Å². The lowest BCUT2D eigenvalue weighted by Crippen LogP contribution is -2.46. The van der Waals surface area contributed by atoms with Gasteiger partial charge in [0.15, 0.2) is 0 Å². The molecular weight excluding hydrogens is 320 g/mol. The van der Waals surface area contributed by atoms with E-state index in [1.807, 2.05) is 16.9 Å². The quantitative estimate of drug-likeness (QED) is 0.852. The average Bonchev–Trinajstić information content (AvgIpc) is 2.88. The first-order chi connectivity index (χ1) is 11.5. The van der Waals surface area contributed by atoms with Crippen LogP contribution in [0.25, 0.3) is 0 Å². The molecule has 0 amide bonds. The topological polar surface area (TPSA) is 34.5 Å². The molecular formula is C19H26N2O2S. The maximum Gasteiger partial charge on any atom is 0.307 e. The lowest BCUT2D eigenvalue weighted by atomic mass is 9.99. The zero-order valence-electron chi connectivity index (χ0n) is 14.9. The summed E-state index contributed by atoms with van der Waals surface area (Å²) in [6.07, 6.45) is 0.112. The van der Waals surface area contributed by atoms with Crippen molar-refractivity contribution < 1.29 is 4.74 Å². The second-order valence-electron chi connectivity index (χ2n) is 6.82. The van der Waals surface area contributed by atoms with E-state index in [1.54, 1.807) is 0 Å². The number of aryl methyl sites for hydroxylation is 3. The monoisotopic (exact) mass is 346 g/mol. The molecule has 5 heteroatoms. The Bertz CT molecular complexity index is 765. The highest BCUT2D eigenvalue weighted by atomic mass is 32.1. The van der Waals surface area contributed by atoms with Gasteiger partial charge in [0.2, 0.25) is 0 Å². The van der Waals surface area contributed by atoms with Gasteiger partial charge in [-0.15, -0.1) is 0 Å². The molecule has 1 aromatic heterocycles. The SMILES string of the molecule is Cc1ccc(C)c(C2CN(CCn3c(C)csc3=O)C(C)CO2)c1. The number of rotatable bonds is 4. The predicted molar refractivity (Wildman–Crippen MR) is 99.0 cm³/mol. The summed E-state index contributed by atoms with van der Waals surface area (Å²) in [5.41, 5.74) is 4.89. The number of nitrogens with zero attached hydrogens (tertiary/aromatic N) is 2. The fraction of sp³-hybridized carbons (Fsp3) is 0.526. The van der Waals surface area contributed by atoms with Crippen molar-refractivity contribution in [1.29, 1.82) is 0 Å². The van der Waals surface area contributed by atoms with Gasteiger partial charge in [-0.25, -0.2) is 0 Å². The zero-order chi connectivity index (χ0) is 17.3. The van der Waals surface area contributed by atoms with Crippen LogP contribution in [0.4, 0.5) is 0 Å². The van der Waals surface area contributed by atoms with Gasteiger partial charge in [0, 0.05) is 36.8 Å². The van der Waals surface area contributed by atoms with E-state index in [0.717, 1.165) is 31.9 Å². The highest BCUT2D eigenvalue weighted by Crippen LogP contribution is 2.28. The van der Waals surface area contributed by atoms with Crippen molar-refractivity contribution in [2.45, 2.75) is 46.4 Å². The molecule has 1 saturated heterocycles. The molecule has 2 unspecified atom stereocenters. The Balaban J connectivity index is 1.72. The minimum Gasteiger partial charge on any atom is -0.371 e. The van der Waals surface area contributed by atoms with Crippen LogP contribution in [-0.4, -0.2) is 35.2 Å². The summed E-state index contributed by atoms with van der Waals surface area (Å²) in [4.78, 5) is 14.5. The Morgan fingerprint density at radius 3 is 2.75 bits per heavy atom. The molecule has 1 aliphatic rings. The van der Waals surface area contributed by atoms with Gasteiger partial charge in [0.25, 0.3) is 0 Å². The van der Waals surface area contributed by atoms with Crippen molar-refractivity contribution in [2.24, 2.45) is 0 Å². The minimum absolute atomic E-state index is 0.112. The van der Waals surface area contributed by atoms with Gasteiger partial charge in [-0.2, -0.15) is 0 Å². The normalized spacial score (nSPS) is 22.0. The number of aromatic nitrogens is 1. The number of morpholine rings is 1. The van der Waals surface area contributed by atoms with Gasteiger partial charge in [-0.1, -0.05) is 35.1 Å². The predicted octanol–water partition coefficient (Wildman–Crippen LogP) is 3.30. The summed E-state index contributed by atoms with van der Waals surface area (Å²) >= 11 is 1.28. The van der Waals surface area contributed by atoms with Crippen LogP contribution in [0.1, 0.15) is 35.4 Å². The second-order valence-corrected chi connectivity index (χ2v) is 7.64. The molecule has 3 rings (SSSR count). The summed E-state index contributed by atoms with van der Waals surface area (Å²) in [6, 6.07) is 6.93. The number of thiazole rings is 1. The van der Waals surface area contributed by atoms with Crippen LogP contribution >= 0.6 is 11.3 Å². The number of hydrogen-bond donors (Lipinski definition) is 0. The van der Waals surface area contributed by atoms with Crippen LogP contribution in [0.2, 0.25) is 0 Å². The molecule has 1 aliphatic heterocycles. The molecule has 0 bridgehead atoms. The molecule has 0 spiro atoms. The second kappa shape index (κ2) is 7.21. The first-order valence-electron chi connectivity index (χ1n) is 8.53. The molecule has 0 saturated carbocycles. The van der Waals surface area contributed by atoms with Crippen molar-refractivity contribution in [1.82, 2.24) is 9.47 Å². The smallest absolute Gasteiger partial charge is 0.307 e. The highest BCUT2D eigenvalue weighted by molar-refractivity contribution is 7.07. The largest absolute Gasteiger partial charge is 0.371 e. The molecule has 2 atom stereocenters. The standard InChI is InChI=1S/C19H26N2O2S/c1-13-5-6-14(2)17(9-13)18-10-20(15(3)11-23-18)7-8-21-16(4)12-24-19(21)22/h5-6,9,12,15,18H,7-8,10-11H2,1-4H3. The summed E-state index contributed by atoms with van der Waals surface area (Å²) in [5.74, 6) is 0. The van der Waals surface area contributed by atoms with E-state index in [2.05, 4.69) is 43.9 Å². The molecule has 130 valence electrons. The Hall–Kier alpha value is -1.43. The molecule has 1 aromatic carbocycles. The van der Waals surface area contributed by atoms with Crippen molar-refractivity contribution >= 4 is 11.3 Å². The van der Waals surface area contributed by atoms with Crippen molar-refractivity contribution in [3.63, 3.8) is 0 Å². The fourth-order valence-corrected chi connectivity index (χ4v) is 4.08. The molecule has 1 fully saturated rings. The third-order valence-corrected chi connectivity index (χ3v) is 5.81. The minimum atomic E-state index is 0.112. The summed E-state index contributed by atoms with van der Waals surface area (Å²) in [7, 11) is 0. The molecule has 2 aromatic rings. The lowest BCUT2D eigenvalue weighted by Gasteiger charge is -2.38. The van der Waals surface area contributed by atoms with Crippen LogP contribution in [0, 0.1) is 20.8 Å². The van der Waals surface area contributed by atoms with Crippen molar-refractivity contribution in [2.75, 3.05) is 19.7 Å². The van der Waals surface area contributed by atoms with E-state index < -0.39 is 0 Å². The Kier molecular flexibility index (Phi) is 5.23. The third kappa shape index (κ3) is 3.63. The van der Waals surface area contributed by atoms with E-state index >= 15 is 0 Å². The van der Waals surface area contributed by atoms with Gasteiger partial charge in [0.1, 0.15) is 0 Å². The lowest BCUT2D eigenvalue weighted by molar-refractivity contribution is -0.0611. The van der Waals surface area contributed by atoms with Crippen LogP contribution in [0.3, 0.4) is 0 Å². The maximum atomic E-state index is 11.9. The maximum absolute atomic E-state index is 11.9. The van der Waals surface area contributed by atoms with E-state index in [4.69, 9.17) is 4.74 Å². The zero-order valence-corrected chi connectivity index (χ0v) is 15.7. The summed E-state index contributed by atoms with van der Waals surface area (Å²) < 4.78 is 7.99. The van der Waals surface area contributed by atoms with Gasteiger partial charge in [0.05, 0.1) is 12.7 Å². The molecule has 24 heavy (non-hydrogen) atoms. The van der Waals surface area contributed by atoms with E-state index in [-0.39, 0.29) is 11.0 Å². The molecule has 0 N–H and O–H groups in total. The van der Waals surface area contributed by atoms with Crippen molar-refractivity contribution in [3.8, 4) is 0 Å². The summed E-state index contributed by atoms with van der Waals surface area (Å²) in [5, 5.41) is 1.93. The van der Waals surface area contributed by atoms with E-state index in [9.17, 15) is 4.79 Å². The van der Waals surface area contributed by atoms with Crippen LogP contribution in [0.15, 0.2) is 28.4 Å². The fourth-order valence-electron chi connectivity index (χ4n) is 3.32. The number of hydrogen-bond acceptors (Lipinski definition) is 4. The molecule has 0 radical (unpaired) electrons. The van der Waals surface area contributed by atoms with Gasteiger partial charge >= 0.3 is 4.87 Å². The highest BCUT2D eigenvalue weighted by Gasteiger charge is 2.28. The average molecular weight is 346 g/mol. The van der Waals surface area contributed by atoms with Crippen LogP contribution in [0.5, 0.6) is 0 Å². The Labute approximate surface area is 147 Å². The summed E-state index contributed by atoms with van der Waals surface area (Å²) in [6.45, 7) is 11.7. The molecule has 4 nitrogen and oxygen atoms in total. The van der Waals surface area contributed by atoms with Gasteiger partial charge in [-0.05, 0) is 38.8 Å².